The second-order valence-electron chi connectivity index (χ2n) is 6.90. The van der Waals surface area contributed by atoms with E-state index in [-0.39, 0.29) is 11.8 Å². The van der Waals surface area contributed by atoms with E-state index in [1.807, 2.05) is 12.1 Å². The van der Waals surface area contributed by atoms with Crippen LogP contribution in [-0.4, -0.2) is 30.4 Å². The third-order valence-electron chi connectivity index (χ3n) is 5.20. The fourth-order valence-corrected chi connectivity index (χ4v) is 3.69. The van der Waals surface area contributed by atoms with Gasteiger partial charge in [-0.25, -0.2) is 0 Å². The fraction of sp³-hybridized carbons (Fsp3) is 0.450. The van der Waals surface area contributed by atoms with Crippen molar-refractivity contribution < 1.29 is 9.21 Å². The molecule has 126 valence electrons. The summed E-state index contributed by atoms with van der Waals surface area (Å²) in [6, 6.07) is 12.6. The van der Waals surface area contributed by atoms with Crippen LogP contribution in [-0.2, 0) is 17.8 Å². The van der Waals surface area contributed by atoms with Crippen molar-refractivity contribution in [2.75, 3.05) is 19.6 Å². The molecule has 1 amide bonds. The van der Waals surface area contributed by atoms with E-state index in [9.17, 15) is 4.79 Å². The molecule has 1 saturated carbocycles. The number of hydrogen-bond donors (Lipinski definition) is 1. The summed E-state index contributed by atoms with van der Waals surface area (Å²) in [6.07, 6.45) is 4.74. The highest BCUT2D eigenvalue weighted by Crippen LogP contribution is 2.47. The summed E-state index contributed by atoms with van der Waals surface area (Å²) in [4.78, 5) is 14.6. The van der Waals surface area contributed by atoms with E-state index in [0.29, 0.717) is 5.92 Å². The molecule has 0 saturated heterocycles. The molecule has 4 heteroatoms. The van der Waals surface area contributed by atoms with E-state index in [0.717, 1.165) is 51.2 Å². The summed E-state index contributed by atoms with van der Waals surface area (Å²) in [5.74, 6) is 1.53. The van der Waals surface area contributed by atoms with E-state index in [1.165, 1.54) is 11.1 Å². The van der Waals surface area contributed by atoms with Crippen molar-refractivity contribution in [1.29, 1.82) is 0 Å². The van der Waals surface area contributed by atoms with Gasteiger partial charge >= 0.3 is 0 Å². The van der Waals surface area contributed by atoms with Crippen LogP contribution in [0.5, 0.6) is 0 Å². The zero-order chi connectivity index (χ0) is 16.4. The first kappa shape index (κ1) is 15.5. The number of carbonyl (C=O) groups excluding carboxylic acids is 1. The third-order valence-corrected chi connectivity index (χ3v) is 5.20. The first-order valence-corrected chi connectivity index (χ1v) is 8.91. The first-order valence-electron chi connectivity index (χ1n) is 8.91. The monoisotopic (exact) mass is 324 g/mol. The number of nitrogens with zero attached hydrogens (tertiary/aromatic N) is 1. The molecule has 1 fully saturated rings. The maximum atomic E-state index is 12.2. The molecule has 1 aromatic carbocycles. The van der Waals surface area contributed by atoms with E-state index < -0.39 is 0 Å². The van der Waals surface area contributed by atoms with Crippen LogP contribution in [0.25, 0.3) is 0 Å². The van der Waals surface area contributed by atoms with Gasteiger partial charge in [0.1, 0.15) is 5.76 Å². The highest BCUT2D eigenvalue weighted by Gasteiger charge is 2.45. The van der Waals surface area contributed by atoms with Crippen LogP contribution in [0.1, 0.15) is 35.6 Å². The van der Waals surface area contributed by atoms with Gasteiger partial charge in [-0.05, 0) is 42.5 Å². The molecule has 0 bridgehead atoms. The molecule has 24 heavy (non-hydrogen) atoms. The molecule has 1 aliphatic carbocycles. The minimum atomic E-state index is 0.109. The SMILES string of the molecule is O=C(NCCCN1CCc2ccccc2C1)[C@H]1C[C@H]1c1ccco1. The van der Waals surface area contributed by atoms with Gasteiger partial charge in [-0.15, -0.1) is 0 Å². The van der Waals surface area contributed by atoms with E-state index in [2.05, 4.69) is 34.5 Å². The molecule has 1 aromatic heterocycles. The lowest BCUT2D eigenvalue weighted by Gasteiger charge is -2.28. The van der Waals surface area contributed by atoms with E-state index in [4.69, 9.17) is 4.42 Å². The standard InChI is InChI=1S/C20H24N2O2/c23-20(18-13-17(18)19-7-3-12-24-19)21-9-4-10-22-11-8-15-5-1-2-6-16(15)14-22/h1-3,5-7,12,17-18H,4,8-11,13-14H2,(H,21,23)/t17-,18+/m1/s1. The summed E-state index contributed by atoms with van der Waals surface area (Å²) in [5, 5.41) is 3.09. The quantitative estimate of drug-likeness (QED) is 0.831. The molecule has 1 N–H and O–H groups in total. The number of fused-ring (bicyclic) bond motifs is 1. The second kappa shape index (κ2) is 6.81. The topological polar surface area (TPSA) is 45.5 Å². The van der Waals surface area contributed by atoms with Gasteiger partial charge in [-0.3, -0.25) is 9.69 Å². The highest BCUT2D eigenvalue weighted by atomic mass is 16.3. The van der Waals surface area contributed by atoms with Crippen LogP contribution < -0.4 is 5.32 Å². The Morgan fingerprint density at radius 2 is 2.08 bits per heavy atom. The van der Waals surface area contributed by atoms with E-state index in [1.54, 1.807) is 6.26 Å². The van der Waals surface area contributed by atoms with Gasteiger partial charge in [0.2, 0.25) is 5.91 Å². The Morgan fingerprint density at radius 1 is 1.21 bits per heavy atom. The van der Waals surface area contributed by atoms with Gasteiger partial charge in [-0.2, -0.15) is 0 Å². The Hall–Kier alpha value is -2.07. The summed E-state index contributed by atoms with van der Waals surface area (Å²) >= 11 is 0. The third kappa shape index (κ3) is 3.39. The molecular formula is C20H24N2O2. The molecule has 1 aliphatic heterocycles. The number of hydrogen-bond acceptors (Lipinski definition) is 3. The Bertz CT molecular complexity index is 695. The van der Waals surface area contributed by atoms with Crippen molar-refractivity contribution in [2.45, 2.75) is 31.7 Å². The highest BCUT2D eigenvalue weighted by molar-refractivity contribution is 5.82. The molecule has 4 nitrogen and oxygen atoms in total. The van der Waals surface area contributed by atoms with Crippen molar-refractivity contribution in [3.8, 4) is 0 Å². The van der Waals surface area contributed by atoms with Crippen LogP contribution in [0.2, 0.25) is 0 Å². The van der Waals surface area contributed by atoms with Gasteiger partial charge in [0, 0.05) is 38.0 Å². The largest absolute Gasteiger partial charge is 0.469 e. The number of benzene rings is 1. The minimum absolute atomic E-state index is 0.109. The summed E-state index contributed by atoms with van der Waals surface area (Å²) in [7, 11) is 0. The molecule has 0 unspecified atom stereocenters. The van der Waals surface area contributed by atoms with Crippen LogP contribution in [0.15, 0.2) is 47.1 Å². The molecule has 2 atom stereocenters. The Balaban J connectivity index is 1.16. The summed E-state index contributed by atoms with van der Waals surface area (Å²) < 4.78 is 5.38. The van der Waals surface area contributed by atoms with Gasteiger partial charge in [-0.1, -0.05) is 24.3 Å². The number of amides is 1. The van der Waals surface area contributed by atoms with Gasteiger partial charge in [0.25, 0.3) is 0 Å². The van der Waals surface area contributed by atoms with Crippen LogP contribution in [0.3, 0.4) is 0 Å². The predicted molar refractivity (Wildman–Crippen MR) is 92.6 cm³/mol. The molecular weight excluding hydrogens is 300 g/mol. The van der Waals surface area contributed by atoms with Crippen LogP contribution in [0, 0.1) is 5.92 Å². The molecule has 0 radical (unpaired) electrons. The normalized spacial score (nSPS) is 22.8. The van der Waals surface area contributed by atoms with Crippen molar-refractivity contribution in [2.24, 2.45) is 5.92 Å². The van der Waals surface area contributed by atoms with Gasteiger partial charge in [0.05, 0.1) is 6.26 Å². The average molecular weight is 324 g/mol. The Morgan fingerprint density at radius 3 is 2.92 bits per heavy atom. The lowest BCUT2D eigenvalue weighted by molar-refractivity contribution is -0.122. The summed E-state index contributed by atoms with van der Waals surface area (Å²) in [5.41, 5.74) is 2.94. The number of furan rings is 1. The number of carbonyl (C=O) groups is 1. The van der Waals surface area contributed by atoms with Crippen molar-refractivity contribution in [1.82, 2.24) is 10.2 Å². The summed E-state index contributed by atoms with van der Waals surface area (Å²) in [6.45, 7) is 3.96. The van der Waals surface area contributed by atoms with Crippen molar-refractivity contribution in [3.63, 3.8) is 0 Å². The Kier molecular flexibility index (Phi) is 4.39. The fourth-order valence-electron chi connectivity index (χ4n) is 3.69. The number of rotatable bonds is 6. The van der Waals surface area contributed by atoms with Crippen molar-refractivity contribution in [3.05, 3.63) is 59.5 Å². The first-order chi connectivity index (χ1) is 11.8. The Labute approximate surface area is 142 Å². The zero-order valence-electron chi connectivity index (χ0n) is 13.9. The second-order valence-corrected chi connectivity index (χ2v) is 6.90. The molecule has 2 aromatic rings. The van der Waals surface area contributed by atoms with Gasteiger partial charge in [0.15, 0.2) is 0 Å². The maximum absolute atomic E-state index is 12.2. The molecule has 0 spiro atoms. The molecule has 2 heterocycles. The number of nitrogens with one attached hydrogen (secondary N) is 1. The molecule has 4 rings (SSSR count). The lowest BCUT2D eigenvalue weighted by Crippen LogP contribution is -2.34. The predicted octanol–water partition coefficient (Wildman–Crippen LogP) is 2.95. The van der Waals surface area contributed by atoms with Crippen LogP contribution in [0.4, 0.5) is 0 Å². The van der Waals surface area contributed by atoms with Crippen LogP contribution >= 0.6 is 0 Å². The maximum Gasteiger partial charge on any atom is 0.223 e. The zero-order valence-corrected chi connectivity index (χ0v) is 13.9. The van der Waals surface area contributed by atoms with E-state index >= 15 is 0 Å². The van der Waals surface area contributed by atoms with Gasteiger partial charge < -0.3 is 9.73 Å². The average Bonchev–Trinajstić information content (AvgIpc) is 3.23. The lowest BCUT2D eigenvalue weighted by atomic mass is 10.00. The minimum Gasteiger partial charge on any atom is -0.469 e. The molecule has 2 aliphatic rings. The smallest absolute Gasteiger partial charge is 0.223 e. The van der Waals surface area contributed by atoms with Crippen molar-refractivity contribution >= 4 is 5.91 Å².